The summed E-state index contributed by atoms with van der Waals surface area (Å²) in [6, 6.07) is 4.46. The van der Waals surface area contributed by atoms with Crippen molar-refractivity contribution in [2.75, 3.05) is 6.79 Å². The van der Waals surface area contributed by atoms with Gasteiger partial charge in [0, 0.05) is 12.1 Å². The van der Waals surface area contributed by atoms with E-state index in [4.69, 9.17) is 20.9 Å². The van der Waals surface area contributed by atoms with Crippen LogP contribution < -0.4 is 26.3 Å². The number of fused-ring (bicyclic) bond motifs is 1. The molecule has 8 heteroatoms. The van der Waals surface area contributed by atoms with Crippen LogP contribution in [0.2, 0.25) is 0 Å². The molecule has 20 heavy (non-hydrogen) atoms. The normalized spacial score (nSPS) is 13.2. The third-order valence-electron chi connectivity index (χ3n) is 2.69. The number of amides is 2. The molecular formula is C12H16ClN3O4. The van der Waals surface area contributed by atoms with Crippen LogP contribution in [0.15, 0.2) is 18.2 Å². The summed E-state index contributed by atoms with van der Waals surface area (Å²) in [6.45, 7) is 0.416. The predicted octanol–water partition coefficient (Wildman–Crippen LogP) is -0.344. The third-order valence-corrected chi connectivity index (χ3v) is 2.69. The second-order valence-electron chi connectivity index (χ2n) is 4.15. The topological polar surface area (TPSA) is 117 Å². The predicted molar refractivity (Wildman–Crippen MR) is 73.4 cm³/mol. The van der Waals surface area contributed by atoms with E-state index in [0.29, 0.717) is 11.5 Å². The number of halogens is 1. The summed E-state index contributed by atoms with van der Waals surface area (Å²) in [4.78, 5) is 22.3. The first-order valence-electron chi connectivity index (χ1n) is 5.77. The van der Waals surface area contributed by atoms with Gasteiger partial charge in [-0.25, -0.2) is 0 Å². The highest BCUT2D eigenvalue weighted by molar-refractivity contribution is 5.87. The van der Waals surface area contributed by atoms with Gasteiger partial charge in [-0.1, -0.05) is 12.1 Å². The van der Waals surface area contributed by atoms with Crippen LogP contribution in [0, 0.1) is 0 Å². The van der Waals surface area contributed by atoms with Crippen molar-refractivity contribution in [2.45, 2.75) is 19.0 Å². The first-order chi connectivity index (χ1) is 9.08. The molecule has 1 unspecified atom stereocenters. The lowest BCUT2D eigenvalue weighted by Crippen LogP contribution is -2.42. The zero-order valence-corrected chi connectivity index (χ0v) is 11.4. The van der Waals surface area contributed by atoms with Crippen LogP contribution in [0.1, 0.15) is 12.0 Å². The number of carbonyl (C=O) groups excluding carboxylic acids is 2. The molecule has 0 saturated heterocycles. The highest BCUT2D eigenvalue weighted by atomic mass is 35.5. The Kier molecular flexibility index (Phi) is 5.60. The molecule has 2 amide bonds. The van der Waals surface area contributed by atoms with Crippen LogP contribution >= 0.6 is 12.4 Å². The van der Waals surface area contributed by atoms with Gasteiger partial charge in [0.05, 0.1) is 12.5 Å². The van der Waals surface area contributed by atoms with E-state index in [1.807, 2.05) is 6.07 Å². The first kappa shape index (κ1) is 16.1. The smallest absolute Gasteiger partial charge is 0.237 e. The van der Waals surface area contributed by atoms with Crippen LogP contribution in [-0.4, -0.2) is 24.6 Å². The van der Waals surface area contributed by atoms with E-state index in [9.17, 15) is 9.59 Å². The van der Waals surface area contributed by atoms with E-state index in [1.54, 1.807) is 12.1 Å². The van der Waals surface area contributed by atoms with Crippen molar-refractivity contribution in [3.63, 3.8) is 0 Å². The van der Waals surface area contributed by atoms with Crippen molar-refractivity contribution in [1.29, 1.82) is 0 Å². The number of nitrogens with one attached hydrogen (secondary N) is 1. The first-order valence-corrected chi connectivity index (χ1v) is 5.77. The fourth-order valence-corrected chi connectivity index (χ4v) is 1.75. The van der Waals surface area contributed by atoms with Crippen molar-refractivity contribution in [1.82, 2.24) is 5.32 Å². The molecule has 7 nitrogen and oxygen atoms in total. The lowest BCUT2D eigenvalue weighted by molar-refractivity contribution is -0.126. The molecule has 1 atom stereocenters. The molecule has 0 aromatic heterocycles. The van der Waals surface area contributed by atoms with E-state index in [-0.39, 0.29) is 32.2 Å². The zero-order valence-electron chi connectivity index (χ0n) is 10.6. The molecule has 0 saturated carbocycles. The van der Waals surface area contributed by atoms with Crippen molar-refractivity contribution in [2.24, 2.45) is 11.5 Å². The summed E-state index contributed by atoms with van der Waals surface area (Å²) in [5, 5.41) is 2.63. The summed E-state index contributed by atoms with van der Waals surface area (Å²) in [5.41, 5.74) is 11.3. The maximum atomic E-state index is 11.6. The highest BCUT2D eigenvalue weighted by Gasteiger charge is 2.19. The summed E-state index contributed by atoms with van der Waals surface area (Å²) in [5.74, 6) is 0.217. The van der Waals surface area contributed by atoms with Gasteiger partial charge in [-0.05, 0) is 6.07 Å². The Balaban J connectivity index is 0.00000200. The molecular weight excluding hydrogens is 286 g/mol. The van der Waals surface area contributed by atoms with E-state index in [2.05, 4.69) is 5.32 Å². The Morgan fingerprint density at radius 2 is 2.10 bits per heavy atom. The molecule has 1 aliphatic heterocycles. The van der Waals surface area contributed by atoms with E-state index < -0.39 is 17.9 Å². The van der Waals surface area contributed by atoms with Crippen molar-refractivity contribution in [3.05, 3.63) is 23.8 Å². The van der Waals surface area contributed by atoms with Gasteiger partial charge in [-0.3, -0.25) is 9.59 Å². The maximum absolute atomic E-state index is 11.6. The summed E-state index contributed by atoms with van der Waals surface area (Å²) < 4.78 is 10.5. The minimum absolute atomic E-state index is 0. The number of hydrogen-bond acceptors (Lipinski definition) is 5. The van der Waals surface area contributed by atoms with Gasteiger partial charge in [0.15, 0.2) is 11.5 Å². The van der Waals surface area contributed by atoms with Crippen molar-refractivity contribution < 1.29 is 19.1 Å². The van der Waals surface area contributed by atoms with Gasteiger partial charge in [-0.15, -0.1) is 12.4 Å². The van der Waals surface area contributed by atoms with Crippen molar-refractivity contribution in [3.8, 4) is 11.5 Å². The molecule has 1 aliphatic rings. The SMILES string of the molecule is Cl.NC(=O)CC(N)C(=O)NCc1cccc2c1OCO2. The summed E-state index contributed by atoms with van der Waals surface area (Å²) in [7, 11) is 0. The fourth-order valence-electron chi connectivity index (χ4n) is 1.75. The number of benzene rings is 1. The Hall–Kier alpha value is -1.99. The Morgan fingerprint density at radius 1 is 1.35 bits per heavy atom. The molecule has 2 rings (SSSR count). The molecule has 1 heterocycles. The lowest BCUT2D eigenvalue weighted by Gasteiger charge is -2.11. The zero-order chi connectivity index (χ0) is 13.8. The Morgan fingerprint density at radius 3 is 2.80 bits per heavy atom. The highest BCUT2D eigenvalue weighted by Crippen LogP contribution is 2.35. The molecule has 0 spiro atoms. The van der Waals surface area contributed by atoms with Gasteiger partial charge in [0.25, 0.3) is 0 Å². The van der Waals surface area contributed by atoms with Gasteiger partial charge < -0.3 is 26.3 Å². The molecule has 0 aliphatic carbocycles. The monoisotopic (exact) mass is 301 g/mol. The minimum Gasteiger partial charge on any atom is -0.454 e. The second-order valence-corrected chi connectivity index (χ2v) is 4.15. The maximum Gasteiger partial charge on any atom is 0.237 e. The van der Waals surface area contributed by atoms with Crippen LogP contribution in [-0.2, 0) is 16.1 Å². The molecule has 1 aromatic carbocycles. The molecule has 0 fully saturated rings. The van der Waals surface area contributed by atoms with Gasteiger partial charge >= 0.3 is 0 Å². The van der Waals surface area contributed by atoms with Gasteiger partial charge in [0.1, 0.15) is 0 Å². The number of carbonyl (C=O) groups is 2. The van der Waals surface area contributed by atoms with Crippen LogP contribution in [0.3, 0.4) is 0 Å². The van der Waals surface area contributed by atoms with E-state index >= 15 is 0 Å². The fraction of sp³-hybridized carbons (Fsp3) is 0.333. The molecule has 0 radical (unpaired) electrons. The average Bonchev–Trinajstić information content (AvgIpc) is 2.83. The number of hydrogen-bond donors (Lipinski definition) is 3. The molecule has 110 valence electrons. The van der Waals surface area contributed by atoms with Gasteiger partial charge in [0.2, 0.25) is 18.6 Å². The minimum atomic E-state index is -0.938. The number of primary amides is 1. The van der Waals surface area contributed by atoms with Crippen LogP contribution in [0.4, 0.5) is 0 Å². The number of nitrogens with two attached hydrogens (primary N) is 2. The van der Waals surface area contributed by atoms with Crippen molar-refractivity contribution >= 4 is 24.2 Å². The number of para-hydroxylation sites is 1. The van der Waals surface area contributed by atoms with Gasteiger partial charge in [-0.2, -0.15) is 0 Å². The summed E-state index contributed by atoms with van der Waals surface area (Å²) in [6.07, 6.45) is -0.182. The largest absolute Gasteiger partial charge is 0.454 e. The second kappa shape index (κ2) is 6.97. The standard InChI is InChI=1S/C12H15N3O4.ClH/c13-8(4-10(14)16)12(17)15-5-7-2-1-3-9-11(7)19-6-18-9;/h1-3,8H,4-6,13H2,(H2,14,16)(H,15,17);1H. The third kappa shape index (κ3) is 3.75. The molecule has 1 aromatic rings. The molecule has 0 bridgehead atoms. The number of ether oxygens (including phenoxy) is 2. The Labute approximate surface area is 122 Å². The van der Waals surface area contributed by atoms with Crippen LogP contribution in [0.25, 0.3) is 0 Å². The Bertz CT molecular complexity index is 509. The molecule has 5 N–H and O–H groups in total. The number of rotatable bonds is 5. The van der Waals surface area contributed by atoms with E-state index in [0.717, 1.165) is 5.56 Å². The lowest BCUT2D eigenvalue weighted by atomic mass is 10.1. The average molecular weight is 302 g/mol. The van der Waals surface area contributed by atoms with E-state index in [1.165, 1.54) is 0 Å². The summed E-state index contributed by atoms with van der Waals surface area (Å²) >= 11 is 0. The van der Waals surface area contributed by atoms with Crippen LogP contribution in [0.5, 0.6) is 11.5 Å². The quantitative estimate of drug-likeness (QED) is 0.687.